The standard InChI is InChI=1S/C17H20N2O/c1-2-4-13-7-9-16(10-8-13)20-12-14-5-3-6-15(11-14)17(18)19/h3,5-11H,2,4,12H2,1H3,(H3,18,19). The summed E-state index contributed by atoms with van der Waals surface area (Å²) in [7, 11) is 0. The summed E-state index contributed by atoms with van der Waals surface area (Å²) < 4.78 is 5.75. The SMILES string of the molecule is CCCc1ccc(OCc2cccc(C(=N)N)c2)cc1. The molecule has 0 spiro atoms. The summed E-state index contributed by atoms with van der Waals surface area (Å²) in [6.07, 6.45) is 2.25. The molecule has 2 aromatic carbocycles. The quantitative estimate of drug-likeness (QED) is 0.622. The van der Waals surface area contributed by atoms with Crippen molar-refractivity contribution < 1.29 is 4.74 Å². The summed E-state index contributed by atoms with van der Waals surface area (Å²) in [6.45, 7) is 2.65. The van der Waals surface area contributed by atoms with Crippen molar-refractivity contribution in [3.8, 4) is 5.75 Å². The average Bonchev–Trinajstić information content (AvgIpc) is 2.47. The Balaban J connectivity index is 1.97. The zero-order valence-electron chi connectivity index (χ0n) is 11.7. The predicted octanol–water partition coefficient (Wildman–Crippen LogP) is 3.50. The first-order chi connectivity index (χ1) is 9.69. The summed E-state index contributed by atoms with van der Waals surface area (Å²) >= 11 is 0. The summed E-state index contributed by atoms with van der Waals surface area (Å²) in [5.74, 6) is 0.939. The number of rotatable bonds is 6. The van der Waals surface area contributed by atoms with Gasteiger partial charge >= 0.3 is 0 Å². The summed E-state index contributed by atoms with van der Waals surface area (Å²) in [6, 6.07) is 15.8. The number of hydrogen-bond donors (Lipinski definition) is 2. The minimum Gasteiger partial charge on any atom is -0.489 e. The molecule has 3 nitrogen and oxygen atoms in total. The third kappa shape index (κ3) is 3.85. The van der Waals surface area contributed by atoms with Crippen LogP contribution in [0, 0.1) is 5.41 Å². The van der Waals surface area contributed by atoms with Crippen LogP contribution in [0.3, 0.4) is 0 Å². The second-order valence-electron chi connectivity index (χ2n) is 4.80. The first-order valence-electron chi connectivity index (χ1n) is 6.84. The Morgan fingerprint density at radius 2 is 1.85 bits per heavy atom. The molecule has 0 fully saturated rings. The van der Waals surface area contributed by atoms with Crippen molar-refractivity contribution in [3.05, 3.63) is 65.2 Å². The monoisotopic (exact) mass is 268 g/mol. The van der Waals surface area contributed by atoms with Gasteiger partial charge in [0.15, 0.2) is 0 Å². The van der Waals surface area contributed by atoms with Gasteiger partial charge in [-0.2, -0.15) is 0 Å². The molecule has 0 bridgehead atoms. The van der Waals surface area contributed by atoms with Crippen LogP contribution in [0.2, 0.25) is 0 Å². The van der Waals surface area contributed by atoms with E-state index in [0.717, 1.165) is 29.7 Å². The molecule has 2 rings (SSSR count). The molecular formula is C17H20N2O. The topological polar surface area (TPSA) is 59.1 Å². The fourth-order valence-corrected chi connectivity index (χ4v) is 2.04. The van der Waals surface area contributed by atoms with E-state index in [1.54, 1.807) is 0 Å². The van der Waals surface area contributed by atoms with Gasteiger partial charge in [0.05, 0.1) is 0 Å². The Kier molecular flexibility index (Phi) is 4.77. The van der Waals surface area contributed by atoms with Crippen molar-refractivity contribution in [2.45, 2.75) is 26.4 Å². The maximum absolute atomic E-state index is 7.43. The fourth-order valence-electron chi connectivity index (χ4n) is 2.04. The Bertz CT molecular complexity index is 576. The predicted molar refractivity (Wildman–Crippen MR) is 82.2 cm³/mol. The molecule has 0 aromatic heterocycles. The van der Waals surface area contributed by atoms with Crippen LogP contribution in [0.4, 0.5) is 0 Å². The van der Waals surface area contributed by atoms with Gasteiger partial charge in [-0.15, -0.1) is 0 Å². The zero-order chi connectivity index (χ0) is 14.4. The minimum atomic E-state index is 0.0794. The molecule has 0 heterocycles. The van der Waals surface area contributed by atoms with Crippen LogP contribution in [0.5, 0.6) is 5.75 Å². The first-order valence-corrected chi connectivity index (χ1v) is 6.84. The Hall–Kier alpha value is -2.29. The van der Waals surface area contributed by atoms with Gasteiger partial charge in [-0.1, -0.05) is 43.7 Å². The van der Waals surface area contributed by atoms with E-state index < -0.39 is 0 Å². The summed E-state index contributed by atoms with van der Waals surface area (Å²) in [5, 5.41) is 7.43. The number of nitrogens with two attached hydrogens (primary N) is 1. The van der Waals surface area contributed by atoms with E-state index in [1.165, 1.54) is 5.56 Å². The maximum atomic E-state index is 7.43. The highest BCUT2D eigenvalue weighted by Crippen LogP contribution is 2.15. The third-order valence-corrected chi connectivity index (χ3v) is 3.11. The van der Waals surface area contributed by atoms with E-state index in [2.05, 4.69) is 19.1 Å². The zero-order valence-corrected chi connectivity index (χ0v) is 11.7. The van der Waals surface area contributed by atoms with E-state index in [9.17, 15) is 0 Å². The number of nitrogen functional groups attached to an aromatic ring is 1. The van der Waals surface area contributed by atoms with Crippen LogP contribution in [0.1, 0.15) is 30.0 Å². The molecule has 2 aromatic rings. The number of hydrogen-bond acceptors (Lipinski definition) is 2. The van der Waals surface area contributed by atoms with Crippen LogP contribution in [0.15, 0.2) is 48.5 Å². The summed E-state index contributed by atoms with van der Waals surface area (Å²) in [5.41, 5.74) is 8.55. The van der Waals surface area contributed by atoms with Gasteiger partial charge in [-0.3, -0.25) is 5.41 Å². The number of amidine groups is 1. The first kappa shape index (κ1) is 14.1. The van der Waals surface area contributed by atoms with E-state index in [1.807, 2.05) is 36.4 Å². The molecule has 0 atom stereocenters. The smallest absolute Gasteiger partial charge is 0.122 e. The fraction of sp³-hybridized carbons (Fsp3) is 0.235. The number of benzene rings is 2. The minimum absolute atomic E-state index is 0.0794. The third-order valence-electron chi connectivity index (χ3n) is 3.11. The highest BCUT2D eigenvalue weighted by Gasteiger charge is 2.00. The van der Waals surface area contributed by atoms with Crippen LogP contribution in [0.25, 0.3) is 0 Å². The second-order valence-corrected chi connectivity index (χ2v) is 4.80. The van der Waals surface area contributed by atoms with Gasteiger partial charge < -0.3 is 10.5 Å². The highest BCUT2D eigenvalue weighted by molar-refractivity contribution is 5.95. The lowest BCUT2D eigenvalue weighted by molar-refractivity contribution is 0.306. The van der Waals surface area contributed by atoms with E-state index in [-0.39, 0.29) is 5.84 Å². The van der Waals surface area contributed by atoms with Crippen molar-refractivity contribution in [1.29, 1.82) is 5.41 Å². The molecule has 0 saturated carbocycles. The molecule has 0 aliphatic carbocycles. The van der Waals surface area contributed by atoms with Gasteiger partial charge in [0, 0.05) is 5.56 Å². The lowest BCUT2D eigenvalue weighted by atomic mass is 10.1. The summed E-state index contributed by atoms with van der Waals surface area (Å²) in [4.78, 5) is 0. The molecule has 20 heavy (non-hydrogen) atoms. The maximum Gasteiger partial charge on any atom is 0.122 e. The van der Waals surface area contributed by atoms with Gasteiger partial charge in [0.25, 0.3) is 0 Å². The lowest BCUT2D eigenvalue weighted by Crippen LogP contribution is -2.11. The van der Waals surface area contributed by atoms with Crippen LogP contribution in [-0.4, -0.2) is 5.84 Å². The van der Waals surface area contributed by atoms with E-state index in [4.69, 9.17) is 15.9 Å². The van der Waals surface area contributed by atoms with Gasteiger partial charge in [-0.05, 0) is 35.7 Å². The normalized spacial score (nSPS) is 10.2. The average molecular weight is 268 g/mol. The number of nitrogens with one attached hydrogen (secondary N) is 1. The van der Waals surface area contributed by atoms with Crippen LogP contribution in [-0.2, 0) is 13.0 Å². The van der Waals surface area contributed by atoms with Crippen molar-refractivity contribution in [1.82, 2.24) is 0 Å². The number of aryl methyl sites for hydroxylation is 1. The van der Waals surface area contributed by atoms with Crippen LogP contribution >= 0.6 is 0 Å². The molecule has 0 unspecified atom stereocenters. The van der Waals surface area contributed by atoms with Gasteiger partial charge in [0.1, 0.15) is 18.2 Å². The second kappa shape index (κ2) is 6.75. The Labute approximate surface area is 119 Å². The molecular weight excluding hydrogens is 248 g/mol. The Morgan fingerprint density at radius 1 is 1.10 bits per heavy atom. The molecule has 3 N–H and O–H groups in total. The van der Waals surface area contributed by atoms with Crippen molar-refractivity contribution in [3.63, 3.8) is 0 Å². The largest absolute Gasteiger partial charge is 0.489 e. The highest BCUT2D eigenvalue weighted by atomic mass is 16.5. The van der Waals surface area contributed by atoms with Gasteiger partial charge in [-0.25, -0.2) is 0 Å². The lowest BCUT2D eigenvalue weighted by Gasteiger charge is -2.08. The van der Waals surface area contributed by atoms with Crippen molar-refractivity contribution in [2.24, 2.45) is 5.73 Å². The molecule has 0 amide bonds. The van der Waals surface area contributed by atoms with Crippen molar-refractivity contribution >= 4 is 5.84 Å². The molecule has 0 aliphatic rings. The molecule has 104 valence electrons. The molecule has 0 radical (unpaired) electrons. The Morgan fingerprint density at radius 3 is 2.50 bits per heavy atom. The van der Waals surface area contributed by atoms with Gasteiger partial charge in [0.2, 0.25) is 0 Å². The number of ether oxygens (including phenoxy) is 1. The molecule has 0 aliphatic heterocycles. The van der Waals surface area contributed by atoms with E-state index >= 15 is 0 Å². The van der Waals surface area contributed by atoms with Crippen molar-refractivity contribution in [2.75, 3.05) is 0 Å². The molecule has 0 saturated heterocycles. The van der Waals surface area contributed by atoms with E-state index in [0.29, 0.717) is 6.61 Å². The van der Waals surface area contributed by atoms with Crippen LogP contribution < -0.4 is 10.5 Å². The molecule has 3 heteroatoms.